The van der Waals surface area contributed by atoms with Gasteiger partial charge >= 0.3 is 0 Å². The van der Waals surface area contributed by atoms with Crippen molar-refractivity contribution >= 4 is 5.78 Å². The van der Waals surface area contributed by atoms with Gasteiger partial charge in [0.1, 0.15) is 11.5 Å². The van der Waals surface area contributed by atoms with E-state index in [4.69, 9.17) is 4.74 Å². The maximum Gasteiger partial charge on any atom is 0.138 e. The van der Waals surface area contributed by atoms with E-state index < -0.39 is 0 Å². The summed E-state index contributed by atoms with van der Waals surface area (Å²) in [4.78, 5) is 14.1. The minimum Gasteiger partial charge on any atom is -0.496 e. The van der Waals surface area contributed by atoms with Crippen LogP contribution >= 0.6 is 0 Å². The van der Waals surface area contributed by atoms with Gasteiger partial charge in [0.05, 0.1) is 7.11 Å². The summed E-state index contributed by atoms with van der Waals surface area (Å²) in [6.07, 6.45) is 1.63. The van der Waals surface area contributed by atoms with E-state index >= 15 is 0 Å². The zero-order chi connectivity index (χ0) is 13.8. The lowest BCUT2D eigenvalue weighted by atomic mass is 9.93. The number of hydrogen-bond donors (Lipinski definition) is 0. The van der Waals surface area contributed by atoms with Gasteiger partial charge in [0, 0.05) is 37.5 Å². The normalized spacial score (nSPS) is 20.6. The van der Waals surface area contributed by atoms with Crippen LogP contribution < -0.4 is 4.74 Å². The molecule has 19 heavy (non-hydrogen) atoms. The molecular formula is C16H23NO2. The first kappa shape index (κ1) is 14.1. The van der Waals surface area contributed by atoms with E-state index in [0.717, 1.165) is 31.8 Å². The topological polar surface area (TPSA) is 29.5 Å². The Labute approximate surface area is 115 Å². The lowest BCUT2D eigenvalue weighted by Gasteiger charge is -2.31. The van der Waals surface area contributed by atoms with Crippen molar-refractivity contribution in [2.75, 3.05) is 20.2 Å². The zero-order valence-electron chi connectivity index (χ0n) is 12.1. The molecule has 1 atom stereocenters. The number of nitrogens with zero attached hydrogens (tertiary/aromatic N) is 1. The number of hydrogen-bond acceptors (Lipinski definition) is 3. The molecule has 1 unspecified atom stereocenters. The van der Waals surface area contributed by atoms with Crippen molar-refractivity contribution in [3.05, 3.63) is 29.3 Å². The van der Waals surface area contributed by atoms with Crippen molar-refractivity contribution in [2.45, 2.75) is 33.2 Å². The van der Waals surface area contributed by atoms with Crippen LogP contribution in [0.2, 0.25) is 0 Å². The highest BCUT2D eigenvalue weighted by atomic mass is 16.5. The van der Waals surface area contributed by atoms with E-state index in [1.807, 2.05) is 6.07 Å². The monoisotopic (exact) mass is 261 g/mol. The van der Waals surface area contributed by atoms with Gasteiger partial charge in [0.2, 0.25) is 0 Å². The SMILES string of the molecule is CCC1CN(Cc2cc(C)ccc2OC)CCC1=O. The first-order valence-electron chi connectivity index (χ1n) is 7.02. The van der Waals surface area contributed by atoms with Crippen molar-refractivity contribution in [1.82, 2.24) is 4.90 Å². The van der Waals surface area contributed by atoms with E-state index in [0.29, 0.717) is 12.2 Å². The quantitative estimate of drug-likeness (QED) is 0.834. The van der Waals surface area contributed by atoms with Crippen LogP contribution in [0.3, 0.4) is 0 Å². The van der Waals surface area contributed by atoms with Gasteiger partial charge in [-0.3, -0.25) is 9.69 Å². The summed E-state index contributed by atoms with van der Waals surface area (Å²) in [5.74, 6) is 1.58. The molecule has 0 radical (unpaired) electrons. The number of Topliss-reactive ketones (excluding diaryl/α,β-unsaturated/α-hetero) is 1. The van der Waals surface area contributed by atoms with Gasteiger partial charge in [-0.1, -0.05) is 24.6 Å². The van der Waals surface area contributed by atoms with Gasteiger partial charge in [-0.25, -0.2) is 0 Å². The van der Waals surface area contributed by atoms with Gasteiger partial charge in [-0.05, 0) is 19.4 Å². The van der Waals surface area contributed by atoms with Crippen LogP contribution in [0, 0.1) is 12.8 Å². The number of likely N-dealkylation sites (tertiary alicyclic amines) is 1. The number of methoxy groups -OCH3 is 1. The average Bonchev–Trinajstić information content (AvgIpc) is 2.41. The van der Waals surface area contributed by atoms with Crippen LogP contribution in [0.1, 0.15) is 30.9 Å². The third-order valence-corrected chi connectivity index (χ3v) is 3.93. The van der Waals surface area contributed by atoms with Gasteiger partial charge in [-0.15, -0.1) is 0 Å². The molecular weight excluding hydrogens is 238 g/mol. The number of aryl methyl sites for hydroxylation is 1. The third-order valence-electron chi connectivity index (χ3n) is 3.93. The Morgan fingerprint density at radius 2 is 2.21 bits per heavy atom. The molecule has 1 aliphatic rings. The molecule has 1 saturated heterocycles. The number of carbonyl (C=O) groups excluding carboxylic acids is 1. The minimum atomic E-state index is 0.213. The molecule has 0 N–H and O–H groups in total. The van der Waals surface area contributed by atoms with E-state index in [9.17, 15) is 4.79 Å². The first-order valence-corrected chi connectivity index (χ1v) is 7.02. The highest BCUT2D eigenvalue weighted by Gasteiger charge is 2.26. The summed E-state index contributed by atoms with van der Waals surface area (Å²) >= 11 is 0. The number of rotatable bonds is 4. The molecule has 3 heteroatoms. The van der Waals surface area contributed by atoms with Crippen LogP contribution in [0.25, 0.3) is 0 Å². The Kier molecular flexibility index (Phi) is 4.59. The number of ketones is 1. The predicted molar refractivity (Wildman–Crippen MR) is 76.4 cm³/mol. The summed E-state index contributed by atoms with van der Waals surface area (Å²) in [6.45, 7) is 6.81. The van der Waals surface area contributed by atoms with Crippen LogP contribution in [0.5, 0.6) is 5.75 Å². The summed E-state index contributed by atoms with van der Waals surface area (Å²) in [6, 6.07) is 6.27. The molecule has 0 saturated carbocycles. The second-order valence-electron chi connectivity index (χ2n) is 5.37. The maximum atomic E-state index is 11.7. The number of carbonyl (C=O) groups is 1. The van der Waals surface area contributed by atoms with Crippen LogP contribution in [0.15, 0.2) is 18.2 Å². The first-order chi connectivity index (χ1) is 9.13. The smallest absolute Gasteiger partial charge is 0.138 e. The molecule has 1 aliphatic heterocycles. The summed E-state index contributed by atoms with van der Waals surface area (Å²) in [7, 11) is 1.71. The molecule has 0 aliphatic carbocycles. The minimum absolute atomic E-state index is 0.213. The Morgan fingerprint density at radius 3 is 2.89 bits per heavy atom. The summed E-state index contributed by atoms with van der Waals surface area (Å²) in [5, 5.41) is 0. The molecule has 0 aromatic heterocycles. The fraction of sp³-hybridized carbons (Fsp3) is 0.562. The molecule has 1 aromatic rings. The molecule has 104 valence electrons. The standard InChI is InChI=1S/C16H23NO2/c1-4-13-10-17(8-7-15(13)18)11-14-9-12(2)5-6-16(14)19-3/h5-6,9,13H,4,7-8,10-11H2,1-3H3. The Hall–Kier alpha value is -1.35. The van der Waals surface area contributed by atoms with E-state index in [1.54, 1.807) is 7.11 Å². The fourth-order valence-corrected chi connectivity index (χ4v) is 2.75. The molecule has 1 fully saturated rings. The Bertz CT molecular complexity index is 456. The second kappa shape index (κ2) is 6.20. The maximum absolute atomic E-state index is 11.7. The van der Waals surface area contributed by atoms with Crippen molar-refractivity contribution in [1.29, 1.82) is 0 Å². The third kappa shape index (κ3) is 3.35. The molecule has 2 rings (SSSR count). The lowest BCUT2D eigenvalue weighted by molar-refractivity contribution is -0.126. The largest absolute Gasteiger partial charge is 0.496 e. The molecule has 3 nitrogen and oxygen atoms in total. The van der Waals surface area contributed by atoms with Crippen molar-refractivity contribution < 1.29 is 9.53 Å². The van der Waals surface area contributed by atoms with Crippen molar-refractivity contribution in [2.24, 2.45) is 5.92 Å². The van der Waals surface area contributed by atoms with Crippen LogP contribution in [-0.2, 0) is 11.3 Å². The van der Waals surface area contributed by atoms with Crippen LogP contribution in [0.4, 0.5) is 0 Å². The Morgan fingerprint density at radius 1 is 1.42 bits per heavy atom. The molecule has 0 bridgehead atoms. The lowest BCUT2D eigenvalue weighted by Crippen LogP contribution is -2.40. The van der Waals surface area contributed by atoms with Crippen molar-refractivity contribution in [3.63, 3.8) is 0 Å². The van der Waals surface area contributed by atoms with Crippen molar-refractivity contribution in [3.8, 4) is 5.75 Å². The number of benzene rings is 1. The van der Waals surface area contributed by atoms with Gasteiger partial charge in [0.15, 0.2) is 0 Å². The van der Waals surface area contributed by atoms with E-state index in [2.05, 4.69) is 30.9 Å². The molecule has 0 spiro atoms. The highest BCUT2D eigenvalue weighted by molar-refractivity contribution is 5.82. The van der Waals surface area contributed by atoms with Crippen LogP contribution in [-0.4, -0.2) is 30.9 Å². The molecule has 0 amide bonds. The molecule has 1 heterocycles. The average molecular weight is 261 g/mol. The predicted octanol–water partition coefficient (Wildman–Crippen LogP) is 2.80. The molecule has 1 aromatic carbocycles. The number of ether oxygens (including phenoxy) is 1. The zero-order valence-corrected chi connectivity index (χ0v) is 12.1. The van der Waals surface area contributed by atoms with E-state index in [1.165, 1.54) is 11.1 Å². The van der Waals surface area contributed by atoms with E-state index in [-0.39, 0.29) is 5.92 Å². The second-order valence-corrected chi connectivity index (χ2v) is 5.37. The fourth-order valence-electron chi connectivity index (χ4n) is 2.75. The summed E-state index contributed by atoms with van der Waals surface area (Å²) < 4.78 is 5.42. The number of piperidine rings is 1. The van der Waals surface area contributed by atoms with Gasteiger partial charge < -0.3 is 4.74 Å². The summed E-state index contributed by atoms with van der Waals surface area (Å²) in [5.41, 5.74) is 2.46. The van der Waals surface area contributed by atoms with Gasteiger partial charge in [-0.2, -0.15) is 0 Å². The van der Waals surface area contributed by atoms with Gasteiger partial charge in [0.25, 0.3) is 0 Å². The highest BCUT2D eigenvalue weighted by Crippen LogP contribution is 2.24. The Balaban J connectivity index is 2.09.